The van der Waals surface area contributed by atoms with Gasteiger partial charge < -0.3 is 10.4 Å². The summed E-state index contributed by atoms with van der Waals surface area (Å²) in [4.78, 5) is 0. The molecule has 3 heteroatoms. The molecule has 0 heterocycles. The van der Waals surface area contributed by atoms with Crippen molar-refractivity contribution >= 4 is 11.3 Å². The van der Waals surface area contributed by atoms with Crippen LogP contribution in [0, 0.1) is 5.82 Å². The zero-order chi connectivity index (χ0) is 11.4. The summed E-state index contributed by atoms with van der Waals surface area (Å²) in [5, 5.41) is 12.4. The standard InChI is InChI=1S/C12H14FNO/c1-4-12(15)8(2)10-7-9(13)5-6-11(10)14-3/h4-7,14-15H,2H2,1,3H3/b12-4-. The Bertz CT molecular complexity index is 410. The Morgan fingerprint density at radius 1 is 1.53 bits per heavy atom. The molecule has 0 radical (unpaired) electrons. The second kappa shape index (κ2) is 4.64. The molecular formula is C12H14FNO. The maximum absolute atomic E-state index is 13.0. The summed E-state index contributed by atoms with van der Waals surface area (Å²) in [7, 11) is 1.73. The Morgan fingerprint density at radius 2 is 2.20 bits per heavy atom. The van der Waals surface area contributed by atoms with Gasteiger partial charge in [0.25, 0.3) is 0 Å². The summed E-state index contributed by atoms with van der Waals surface area (Å²) in [6, 6.07) is 4.31. The maximum Gasteiger partial charge on any atom is 0.123 e. The first-order valence-corrected chi connectivity index (χ1v) is 4.62. The van der Waals surface area contributed by atoms with Gasteiger partial charge in [0.05, 0.1) is 0 Å². The lowest BCUT2D eigenvalue weighted by Crippen LogP contribution is -1.97. The molecule has 1 aromatic rings. The number of halogens is 1. The van der Waals surface area contributed by atoms with Crippen molar-refractivity contribution in [2.45, 2.75) is 6.92 Å². The summed E-state index contributed by atoms with van der Waals surface area (Å²) in [5.41, 5.74) is 1.70. The van der Waals surface area contributed by atoms with Crippen LogP contribution in [0.5, 0.6) is 0 Å². The van der Waals surface area contributed by atoms with Crippen molar-refractivity contribution in [3.05, 3.63) is 48.0 Å². The third-order valence-electron chi connectivity index (χ3n) is 2.16. The molecule has 0 atom stereocenters. The Hall–Kier alpha value is -1.77. The van der Waals surface area contributed by atoms with Crippen molar-refractivity contribution in [1.82, 2.24) is 0 Å². The number of hydrogen-bond donors (Lipinski definition) is 2. The van der Waals surface area contributed by atoms with Crippen molar-refractivity contribution in [2.75, 3.05) is 12.4 Å². The molecule has 0 fully saturated rings. The molecule has 0 spiro atoms. The molecule has 0 bridgehead atoms. The first kappa shape index (κ1) is 11.3. The van der Waals surface area contributed by atoms with Gasteiger partial charge in [-0.05, 0) is 31.2 Å². The Balaban J connectivity index is 3.23. The molecule has 80 valence electrons. The van der Waals surface area contributed by atoms with Crippen LogP contribution >= 0.6 is 0 Å². The summed E-state index contributed by atoms with van der Waals surface area (Å²) in [6.07, 6.45) is 1.52. The summed E-state index contributed by atoms with van der Waals surface area (Å²) in [5.74, 6) is -0.300. The highest BCUT2D eigenvalue weighted by atomic mass is 19.1. The van der Waals surface area contributed by atoms with Crippen LogP contribution < -0.4 is 5.32 Å². The van der Waals surface area contributed by atoms with Crippen LogP contribution in [0.15, 0.2) is 36.6 Å². The smallest absolute Gasteiger partial charge is 0.123 e. The summed E-state index contributed by atoms with van der Waals surface area (Å²) >= 11 is 0. The zero-order valence-corrected chi connectivity index (χ0v) is 8.84. The van der Waals surface area contributed by atoms with E-state index < -0.39 is 0 Å². The fourth-order valence-electron chi connectivity index (χ4n) is 1.30. The van der Waals surface area contributed by atoms with Gasteiger partial charge in [-0.2, -0.15) is 0 Å². The number of allylic oxidation sites excluding steroid dienone is 2. The van der Waals surface area contributed by atoms with Crippen LogP contribution in [0.25, 0.3) is 5.57 Å². The molecule has 2 N–H and O–H groups in total. The molecule has 1 aromatic carbocycles. The summed E-state index contributed by atoms with van der Waals surface area (Å²) in [6.45, 7) is 5.41. The first-order valence-electron chi connectivity index (χ1n) is 4.62. The van der Waals surface area contributed by atoms with E-state index in [1.807, 2.05) is 0 Å². The SMILES string of the molecule is C=C(/C(O)=C/C)c1cc(F)ccc1NC. The molecule has 15 heavy (non-hydrogen) atoms. The van der Waals surface area contributed by atoms with Crippen molar-refractivity contribution in [3.8, 4) is 0 Å². The number of aliphatic hydroxyl groups excluding tert-OH is 1. The normalized spacial score (nSPS) is 11.3. The zero-order valence-electron chi connectivity index (χ0n) is 8.84. The van der Waals surface area contributed by atoms with Gasteiger partial charge >= 0.3 is 0 Å². The van der Waals surface area contributed by atoms with Gasteiger partial charge in [0.15, 0.2) is 0 Å². The van der Waals surface area contributed by atoms with E-state index in [4.69, 9.17) is 0 Å². The molecule has 1 rings (SSSR count). The van der Waals surface area contributed by atoms with Gasteiger partial charge in [0.1, 0.15) is 11.6 Å². The van der Waals surface area contributed by atoms with Gasteiger partial charge in [-0.15, -0.1) is 0 Å². The van der Waals surface area contributed by atoms with Crippen LogP contribution in [-0.4, -0.2) is 12.2 Å². The topological polar surface area (TPSA) is 32.3 Å². The number of benzene rings is 1. The van der Waals surface area contributed by atoms with E-state index in [1.54, 1.807) is 20.0 Å². The molecule has 2 nitrogen and oxygen atoms in total. The van der Waals surface area contributed by atoms with Gasteiger partial charge in [-0.25, -0.2) is 4.39 Å². The third-order valence-corrected chi connectivity index (χ3v) is 2.16. The highest BCUT2D eigenvalue weighted by Gasteiger charge is 2.09. The Kier molecular flexibility index (Phi) is 3.50. The van der Waals surface area contributed by atoms with Crippen molar-refractivity contribution in [2.24, 2.45) is 0 Å². The minimum absolute atomic E-state index is 0.0529. The van der Waals surface area contributed by atoms with Gasteiger partial charge in [-0.3, -0.25) is 0 Å². The number of hydrogen-bond acceptors (Lipinski definition) is 2. The van der Waals surface area contributed by atoms with Crippen molar-refractivity contribution in [1.29, 1.82) is 0 Å². The molecule has 0 aliphatic carbocycles. The van der Waals surface area contributed by atoms with Crippen molar-refractivity contribution < 1.29 is 9.50 Å². The maximum atomic E-state index is 13.0. The fourth-order valence-corrected chi connectivity index (χ4v) is 1.30. The van der Waals surface area contributed by atoms with E-state index in [0.717, 1.165) is 5.69 Å². The lowest BCUT2D eigenvalue weighted by Gasteiger charge is -2.11. The van der Waals surface area contributed by atoms with Gasteiger partial charge in [-0.1, -0.05) is 6.58 Å². The molecule has 0 aromatic heterocycles. The highest BCUT2D eigenvalue weighted by molar-refractivity contribution is 5.82. The van der Waals surface area contributed by atoms with Crippen LogP contribution in [0.4, 0.5) is 10.1 Å². The molecule has 0 saturated carbocycles. The lowest BCUT2D eigenvalue weighted by molar-refractivity contribution is 0.437. The number of anilines is 1. The third kappa shape index (κ3) is 2.37. The van der Waals surface area contributed by atoms with E-state index in [-0.39, 0.29) is 11.6 Å². The van der Waals surface area contributed by atoms with Crippen LogP contribution in [0.2, 0.25) is 0 Å². The molecule has 0 aliphatic heterocycles. The predicted molar refractivity (Wildman–Crippen MR) is 61.4 cm³/mol. The number of nitrogens with one attached hydrogen (secondary N) is 1. The first-order chi connectivity index (χ1) is 7.10. The Morgan fingerprint density at radius 3 is 2.73 bits per heavy atom. The highest BCUT2D eigenvalue weighted by Crippen LogP contribution is 2.27. The van der Waals surface area contributed by atoms with Gasteiger partial charge in [0, 0.05) is 23.9 Å². The lowest BCUT2D eigenvalue weighted by atomic mass is 10.0. The average Bonchev–Trinajstić information content (AvgIpc) is 2.27. The minimum Gasteiger partial charge on any atom is -0.508 e. The molecule has 0 saturated heterocycles. The van der Waals surface area contributed by atoms with E-state index in [9.17, 15) is 9.50 Å². The monoisotopic (exact) mass is 207 g/mol. The van der Waals surface area contributed by atoms with Crippen LogP contribution in [-0.2, 0) is 0 Å². The van der Waals surface area contributed by atoms with E-state index in [1.165, 1.54) is 18.2 Å². The van der Waals surface area contributed by atoms with Crippen LogP contribution in [0.1, 0.15) is 12.5 Å². The summed E-state index contributed by atoms with van der Waals surface area (Å²) < 4.78 is 13.0. The number of rotatable bonds is 3. The number of aliphatic hydroxyl groups is 1. The van der Waals surface area contributed by atoms with Crippen molar-refractivity contribution in [3.63, 3.8) is 0 Å². The molecule has 0 amide bonds. The Labute approximate surface area is 88.8 Å². The quantitative estimate of drug-likeness (QED) is 0.588. The fraction of sp³-hybridized carbons (Fsp3) is 0.167. The van der Waals surface area contributed by atoms with Crippen LogP contribution in [0.3, 0.4) is 0 Å². The second-order valence-corrected chi connectivity index (χ2v) is 3.09. The van der Waals surface area contributed by atoms with E-state index >= 15 is 0 Å². The largest absolute Gasteiger partial charge is 0.508 e. The van der Waals surface area contributed by atoms with Gasteiger partial charge in [0.2, 0.25) is 0 Å². The average molecular weight is 207 g/mol. The van der Waals surface area contributed by atoms with E-state index in [0.29, 0.717) is 11.1 Å². The minimum atomic E-state index is -0.353. The second-order valence-electron chi connectivity index (χ2n) is 3.09. The molecular weight excluding hydrogens is 193 g/mol. The predicted octanol–water partition coefficient (Wildman–Crippen LogP) is 3.34. The molecule has 0 aliphatic rings. The molecule has 0 unspecified atom stereocenters. The van der Waals surface area contributed by atoms with E-state index in [2.05, 4.69) is 11.9 Å².